The zero-order valence-electron chi connectivity index (χ0n) is 7.84. The van der Waals surface area contributed by atoms with E-state index in [0.29, 0.717) is 0 Å². The molecule has 0 unspecified atom stereocenters. The number of anilines is 1. The zero-order valence-corrected chi connectivity index (χ0v) is 8.65. The van der Waals surface area contributed by atoms with E-state index < -0.39 is 10.9 Å². The predicted molar refractivity (Wildman–Crippen MR) is 60.5 cm³/mol. The van der Waals surface area contributed by atoms with Gasteiger partial charge in [0.15, 0.2) is 5.11 Å². The number of nitro benzene ring substituents is 1. The van der Waals surface area contributed by atoms with Gasteiger partial charge in [-0.2, -0.15) is 0 Å². The van der Waals surface area contributed by atoms with Crippen LogP contribution in [0.3, 0.4) is 0 Å². The number of rotatable bonds is 3. The summed E-state index contributed by atoms with van der Waals surface area (Å²) >= 11 is 4.55. The molecular formula is C8H7N3O4S. The lowest BCUT2D eigenvalue weighted by molar-refractivity contribution is -0.384. The van der Waals surface area contributed by atoms with Gasteiger partial charge in [0.1, 0.15) is 0 Å². The van der Waals surface area contributed by atoms with Crippen LogP contribution in [0.4, 0.5) is 11.4 Å². The number of carboxylic acid groups (broad SMARTS) is 1. The molecule has 0 fully saturated rings. The number of benzene rings is 1. The fourth-order valence-corrected chi connectivity index (χ4v) is 1.17. The Hall–Kier alpha value is -2.22. The first-order valence-corrected chi connectivity index (χ1v) is 4.41. The molecule has 0 saturated carbocycles. The summed E-state index contributed by atoms with van der Waals surface area (Å²) in [6.07, 6.45) is 0. The third-order valence-corrected chi connectivity index (χ3v) is 1.80. The number of nitrogens with two attached hydrogens (primary N) is 1. The molecule has 0 heterocycles. The van der Waals surface area contributed by atoms with Crippen molar-refractivity contribution < 1.29 is 14.8 Å². The Balaban J connectivity index is 3.24. The molecule has 4 N–H and O–H groups in total. The first-order chi connectivity index (χ1) is 7.41. The molecule has 16 heavy (non-hydrogen) atoms. The summed E-state index contributed by atoms with van der Waals surface area (Å²) in [6, 6.07) is 3.33. The van der Waals surface area contributed by atoms with Crippen molar-refractivity contribution in [2.45, 2.75) is 0 Å². The molecule has 0 aliphatic rings. The summed E-state index contributed by atoms with van der Waals surface area (Å²) in [5.74, 6) is -1.30. The minimum absolute atomic E-state index is 0.114. The van der Waals surface area contributed by atoms with Crippen LogP contribution in [0.25, 0.3) is 0 Å². The highest BCUT2D eigenvalue weighted by Gasteiger charge is 2.15. The molecular weight excluding hydrogens is 234 g/mol. The van der Waals surface area contributed by atoms with Crippen molar-refractivity contribution >= 4 is 34.7 Å². The topological polar surface area (TPSA) is 118 Å². The number of thiocarbonyl (C=S) groups is 1. The van der Waals surface area contributed by atoms with E-state index in [4.69, 9.17) is 10.8 Å². The lowest BCUT2D eigenvalue weighted by Crippen LogP contribution is -2.20. The lowest BCUT2D eigenvalue weighted by Gasteiger charge is -2.06. The first kappa shape index (κ1) is 11.9. The van der Waals surface area contributed by atoms with Gasteiger partial charge >= 0.3 is 5.97 Å². The second-order valence-corrected chi connectivity index (χ2v) is 3.22. The smallest absolute Gasteiger partial charge is 0.338 e. The summed E-state index contributed by atoms with van der Waals surface area (Å²) < 4.78 is 0. The van der Waals surface area contributed by atoms with Crippen LogP contribution in [-0.4, -0.2) is 21.1 Å². The maximum absolute atomic E-state index is 10.8. The van der Waals surface area contributed by atoms with E-state index in [0.717, 1.165) is 12.1 Å². The SMILES string of the molecule is NC(=S)Nc1ccc([N+](=O)[O-])cc1C(=O)O. The van der Waals surface area contributed by atoms with Crippen LogP contribution in [0.1, 0.15) is 10.4 Å². The van der Waals surface area contributed by atoms with E-state index in [9.17, 15) is 14.9 Å². The van der Waals surface area contributed by atoms with Gasteiger partial charge in [0.2, 0.25) is 0 Å². The summed E-state index contributed by atoms with van der Waals surface area (Å²) in [5.41, 5.74) is 4.73. The molecule has 0 radical (unpaired) electrons. The minimum Gasteiger partial charge on any atom is -0.478 e. The van der Waals surface area contributed by atoms with Crippen molar-refractivity contribution in [3.63, 3.8) is 0 Å². The summed E-state index contributed by atoms with van der Waals surface area (Å²) in [5, 5.41) is 21.6. The van der Waals surface area contributed by atoms with E-state index in [-0.39, 0.29) is 22.1 Å². The van der Waals surface area contributed by atoms with Crippen LogP contribution < -0.4 is 11.1 Å². The monoisotopic (exact) mass is 241 g/mol. The van der Waals surface area contributed by atoms with Crippen molar-refractivity contribution in [3.8, 4) is 0 Å². The van der Waals surface area contributed by atoms with Crippen LogP contribution in [0.15, 0.2) is 18.2 Å². The van der Waals surface area contributed by atoms with E-state index in [1.807, 2.05) is 0 Å². The molecule has 8 heteroatoms. The molecule has 0 spiro atoms. The number of carbonyl (C=O) groups is 1. The molecule has 1 rings (SSSR count). The number of aromatic carboxylic acids is 1. The quantitative estimate of drug-likeness (QED) is 0.409. The highest BCUT2D eigenvalue weighted by Crippen LogP contribution is 2.21. The minimum atomic E-state index is -1.30. The van der Waals surface area contributed by atoms with Gasteiger partial charge in [-0.25, -0.2) is 4.79 Å². The zero-order chi connectivity index (χ0) is 12.3. The van der Waals surface area contributed by atoms with E-state index in [1.165, 1.54) is 6.07 Å². The number of non-ortho nitro benzene ring substituents is 1. The van der Waals surface area contributed by atoms with E-state index in [2.05, 4.69) is 17.5 Å². The number of nitrogens with one attached hydrogen (secondary N) is 1. The Kier molecular flexibility index (Phi) is 3.36. The van der Waals surface area contributed by atoms with Crippen LogP contribution >= 0.6 is 12.2 Å². The second-order valence-electron chi connectivity index (χ2n) is 2.78. The fourth-order valence-electron chi connectivity index (χ4n) is 1.06. The fraction of sp³-hybridized carbons (Fsp3) is 0. The maximum Gasteiger partial charge on any atom is 0.338 e. The van der Waals surface area contributed by atoms with Crippen molar-refractivity contribution in [1.82, 2.24) is 0 Å². The Morgan fingerprint density at radius 2 is 2.19 bits per heavy atom. The van der Waals surface area contributed by atoms with Crippen LogP contribution in [0.5, 0.6) is 0 Å². The summed E-state index contributed by atoms with van der Waals surface area (Å²) in [7, 11) is 0. The molecule has 84 valence electrons. The molecule has 0 atom stereocenters. The molecule has 1 aromatic rings. The average molecular weight is 241 g/mol. The number of hydrogen-bond acceptors (Lipinski definition) is 4. The third kappa shape index (κ3) is 2.64. The van der Waals surface area contributed by atoms with Gasteiger partial charge in [-0.15, -0.1) is 0 Å². The van der Waals surface area contributed by atoms with Crippen LogP contribution in [0.2, 0.25) is 0 Å². The van der Waals surface area contributed by atoms with Crippen molar-refractivity contribution in [2.75, 3.05) is 5.32 Å². The largest absolute Gasteiger partial charge is 0.478 e. The average Bonchev–Trinajstić information content (AvgIpc) is 2.16. The normalized spacial score (nSPS) is 9.50. The van der Waals surface area contributed by atoms with Crippen molar-refractivity contribution in [1.29, 1.82) is 0 Å². The van der Waals surface area contributed by atoms with Gasteiger partial charge in [-0.1, -0.05) is 0 Å². The predicted octanol–water partition coefficient (Wildman–Crippen LogP) is 0.949. The Bertz CT molecular complexity index is 474. The lowest BCUT2D eigenvalue weighted by atomic mass is 10.1. The maximum atomic E-state index is 10.8. The Morgan fingerprint density at radius 1 is 1.56 bits per heavy atom. The summed E-state index contributed by atoms with van der Waals surface area (Å²) in [4.78, 5) is 20.6. The first-order valence-electron chi connectivity index (χ1n) is 4.00. The third-order valence-electron chi connectivity index (χ3n) is 1.70. The van der Waals surface area contributed by atoms with Gasteiger partial charge in [-0.05, 0) is 18.3 Å². The second kappa shape index (κ2) is 4.53. The van der Waals surface area contributed by atoms with Crippen molar-refractivity contribution in [2.24, 2.45) is 5.73 Å². The standard InChI is InChI=1S/C8H7N3O4S/c9-8(16)10-6-2-1-4(11(14)15)3-5(6)7(12)13/h1-3H,(H,12,13)(H3,9,10,16). The van der Waals surface area contributed by atoms with Gasteiger partial charge in [0, 0.05) is 12.1 Å². The van der Waals surface area contributed by atoms with Gasteiger partial charge in [0.25, 0.3) is 5.69 Å². The number of nitro groups is 1. The highest BCUT2D eigenvalue weighted by atomic mass is 32.1. The number of carboxylic acids is 1. The van der Waals surface area contributed by atoms with Crippen LogP contribution in [0, 0.1) is 10.1 Å². The molecule has 0 saturated heterocycles. The van der Waals surface area contributed by atoms with E-state index >= 15 is 0 Å². The van der Waals surface area contributed by atoms with E-state index in [1.54, 1.807) is 0 Å². The molecule has 0 amide bonds. The van der Waals surface area contributed by atoms with Crippen LogP contribution in [-0.2, 0) is 0 Å². The molecule has 0 bridgehead atoms. The molecule has 0 aliphatic heterocycles. The Morgan fingerprint density at radius 3 is 2.62 bits per heavy atom. The highest BCUT2D eigenvalue weighted by molar-refractivity contribution is 7.80. The van der Waals surface area contributed by atoms with Gasteiger partial charge in [0.05, 0.1) is 16.2 Å². The molecule has 0 aliphatic carbocycles. The number of hydrogen-bond donors (Lipinski definition) is 3. The summed E-state index contributed by atoms with van der Waals surface area (Å²) in [6.45, 7) is 0. The van der Waals surface area contributed by atoms with Crippen molar-refractivity contribution in [3.05, 3.63) is 33.9 Å². The number of nitrogens with zero attached hydrogens (tertiary/aromatic N) is 1. The van der Waals surface area contributed by atoms with Gasteiger partial charge in [-0.3, -0.25) is 10.1 Å². The molecule has 0 aromatic heterocycles. The Labute approximate surface area is 95.0 Å². The molecule has 7 nitrogen and oxygen atoms in total. The molecule has 1 aromatic carbocycles. The van der Waals surface area contributed by atoms with Gasteiger partial charge < -0.3 is 16.2 Å².